The number of anilines is 3. The maximum atomic E-state index is 13.4. The molecule has 1 atom stereocenters. The van der Waals surface area contributed by atoms with E-state index < -0.39 is 0 Å². The number of nitrogens with two attached hydrogens (primary N) is 1. The second-order valence-electron chi connectivity index (χ2n) is 9.88. The number of nitrogens with one attached hydrogen (secondary N) is 1. The summed E-state index contributed by atoms with van der Waals surface area (Å²) in [5.41, 5.74) is 10.2. The van der Waals surface area contributed by atoms with Crippen LogP contribution < -0.4 is 16.0 Å². The molecule has 168 valence electrons. The predicted octanol–water partition coefficient (Wildman–Crippen LogP) is 4.97. The van der Waals surface area contributed by atoms with Crippen molar-refractivity contribution in [2.75, 3.05) is 35.3 Å². The smallest absolute Gasteiger partial charge is 0.229 e. The molecular weight excluding hydrogens is 418 g/mol. The van der Waals surface area contributed by atoms with Gasteiger partial charge in [-0.25, -0.2) is 0 Å². The van der Waals surface area contributed by atoms with Crippen molar-refractivity contribution in [3.63, 3.8) is 0 Å². The van der Waals surface area contributed by atoms with Crippen molar-refractivity contribution in [2.45, 2.75) is 56.8 Å². The minimum Gasteiger partial charge on any atom is -0.383 e. The van der Waals surface area contributed by atoms with Crippen LogP contribution in [0.4, 0.5) is 17.6 Å². The van der Waals surface area contributed by atoms with Crippen molar-refractivity contribution in [1.82, 2.24) is 9.97 Å². The number of hydrogen-bond donors (Lipinski definition) is 2. The number of hydrogen-bond acceptors (Lipinski definition) is 7. The summed E-state index contributed by atoms with van der Waals surface area (Å²) in [6.45, 7) is 6.22. The van der Waals surface area contributed by atoms with Gasteiger partial charge in [-0.1, -0.05) is 26.0 Å². The number of fused-ring (bicyclic) bond motifs is 1. The number of aromatic nitrogens is 2. The fraction of sp³-hybridized carbons (Fsp3) is 0.480. The SMILES string of the molecule is CSc1ccc([C@H]2C3=C(CC(C)(C)CC3=O)Nc3nc(N4CCCCC4)nc(N)c32)cc1. The van der Waals surface area contributed by atoms with Gasteiger partial charge < -0.3 is 16.0 Å². The number of Topliss-reactive ketones (excluding diaryl/α,β-unsaturated/α-hetero) is 1. The lowest BCUT2D eigenvalue weighted by Gasteiger charge is -2.39. The first-order chi connectivity index (χ1) is 15.4. The van der Waals surface area contributed by atoms with Gasteiger partial charge in [0.05, 0.1) is 0 Å². The molecule has 6 nitrogen and oxygen atoms in total. The third kappa shape index (κ3) is 3.76. The molecule has 2 aliphatic heterocycles. The molecular formula is C25H31N5OS. The van der Waals surface area contributed by atoms with Crippen molar-refractivity contribution < 1.29 is 4.79 Å². The fourth-order valence-electron chi connectivity index (χ4n) is 5.29. The van der Waals surface area contributed by atoms with Crippen LogP contribution in [0, 0.1) is 5.41 Å². The Morgan fingerprint density at radius 3 is 2.50 bits per heavy atom. The van der Waals surface area contributed by atoms with E-state index in [2.05, 4.69) is 54.6 Å². The van der Waals surface area contributed by atoms with Crippen molar-refractivity contribution in [3.05, 3.63) is 46.7 Å². The Morgan fingerprint density at radius 1 is 1.09 bits per heavy atom. The molecule has 1 fully saturated rings. The molecule has 3 N–H and O–H groups in total. The molecule has 3 aliphatic rings. The van der Waals surface area contributed by atoms with E-state index in [0.29, 0.717) is 18.2 Å². The second kappa shape index (κ2) is 8.10. The first kappa shape index (κ1) is 21.3. The number of rotatable bonds is 3. The molecule has 5 rings (SSSR count). The summed E-state index contributed by atoms with van der Waals surface area (Å²) >= 11 is 1.71. The van der Waals surface area contributed by atoms with Crippen molar-refractivity contribution in [2.24, 2.45) is 5.41 Å². The number of nitrogens with zero attached hydrogens (tertiary/aromatic N) is 3. The van der Waals surface area contributed by atoms with Gasteiger partial charge in [0.15, 0.2) is 5.78 Å². The summed E-state index contributed by atoms with van der Waals surface area (Å²) in [4.78, 5) is 26.5. The van der Waals surface area contributed by atoms with Crippen LogP contribution in [0.3, 0.4) is 0 Å². The number of thioether (sulfide) groups is 1. The van der Waals surface area contributed by atoms with E-state index in [1.54, 1.807) is 11.8 Å². The van der Waals surface area contributed by atoms with Gasteiger partial charge in [0.1, 0.15) is 11.6 Å². The number of carbonyl (C=O) groups excluding carboxylic acids is 1. The minimum atomic E-state index is -0.240. The molecule has 32 heavy (non-hydrogen) atoms. The van der Waals surface area contributed by atoms with Crippen LogP contribution in [0.2, 0.25) is 0 Å². The lowest BCUT2D eigenvalue weighted by molar-refractivity contribution is -0.118. The van der Waals surface area contributed by atoms with Gasteiger partial charge in [0.2, 0.25) is 5.95 Å². The van der Waals surface area contributed by atoms with Gasteiger partial charge in [-0.05, 0) is 55.1 Å². The van der Waals surface area contributed by atoms with Crippen LogP contribution in [0.5, 0.6) is 0 Å². The Kier molecular flexibility index (Phi) is 5.40. The first-order valence-electron chi connectivity index (χ1n) is 11.5. The van der Waals surface area contributed by atoms with Gasteiger partial charge in [-0.3, -0.25) is 4.79 Å². The van der Waals surface area contributed by atoms with Crippen molar-refractivity contribution >= 4 is 35.1 Å². The highest BCUT2D eigenvalue weighted by Gasteiger charge is 2.42. The average molecular weight is 450 g/mol. The highest BCUT2D eigenvalue weighted by atomic mass is 32.2. The maximum Gasteiger partial charge on any atom is 0.229 e. The molecule has 1 aromatic heterocycles. The maximum absolute atomic E-state index is 13.4. The van der Waals surface area contributed by atoms with Gasteiger partial charge in [0.25, 0.3) is 0 Å². The zero-order chi connectivity index (χ0) is 22.5. The molecule has 7 heteroatoms. The number of piperidine rings is 1. The number of nitrogen functional groups attached to an aromatic ring is 1. The number of benzene rings is 1. The van der Waals surface area contributed by atoms with Crippen LogP contribution in [0.15, 0.2) is 40.4 Å². The van der Waals surface area contributed by atoms with E-state index in [-0.39, 0.29) is 17.1 Å². The Hall–Kier alpha value is -2.54. The Bertz CT molecular complexity index is 1090. The van der Waals surface area contributed by atoms with Gasteiger partial charge in [-0.15, -0.1) is 11.8 Å². The molecule has 0 amide bonds. The van der Waals surface area contributed by atoms with Crippen molar-refractivity contribution in [1.29, 1.82) is 0 Å². The van der Waals surface area contributed by atoms with Gasteiger partial charge in [-0.2, -0.15) is 9.97 Å². The number of carbonyl (C=O) groups is 1. The van der Waals surface area contributed by atoms with E-state index in [4.69, 9.17) is 15.7 Å². The molecule has 0 spiro atoms. The van der Waals surface area contributed by atoms with Crippen LogP contribution in [-0.4, -0.2) is 35.1 Å². The van der Waals surface area contributed by atoms with E-state index >= 15 is 0 Å². The lowest BCUT2D eigenvalue weighted by atomic mass is 9.69. The molecule has 1 saturated heterocycles. The predicted molar refractivity (Wildman–Crippen MR) is 131 cm³/mol. The fourth-order valence-corrected chi connectivity index (χ4v) is 5.70. The largest absolute Gasteiger partial charge is 0.383 e. The van der Waals surface area contributed by atoms with Crippen molar-refractivity contribution in [3.8, 4) is 0 Å². The quantitative estimate of drug-likeness (QED) is 0.640. The van der Waals surface area contributed by atoms with E-state index in [1.807, 2.05) is 0 Å². The minimum absolute atomic E-state index is 0.0814. The Balaban J connectivity index is 1.66. The van der Waals surface area contributed by atoms with Gasteiger partial charge >= 0.3 is 0 Å². The highest BCUT2D eigenvalue weighted by molar-refractivity contribution is 7.98. The van der Waals surface area contributed by atoms with Gasteiger partial charge in [0, 0.05) is 47.2 Å². The summed E-state index contributed by atoms with van der Waals surface area (Å²) in [5.74, 6) is 1.85. The summed E-state index contributed by atoms with van der Waals surface area (Å²) in [6.07, 6.45) is 6.96. The standard InChI is InChI=1S/C25H31N5OS/c1-25(2)13-17-20(18(31)14-25)19(15-7-9-16(32-3)10-8-15)21-22(26)28-24(29-23(21)27-17)30-11-5-4-6-12-30/h7-10,19H,4-6,11-14H2,1-3H3,(H3,26,27,28,29)/t19-/m0/s1. The normalized spacial score (nSPS) is 22.3. The molecule has 2 aromatic rings. The summed E-state index contributed by atoms with van der Waals surface area (Å²) in [5, 5.41) is 3.52. The van der Waals surface area contributed by atoms with E-state index in [9.17, 15) is 4.79 Å². The van der Waals surface area contributed by atoms with E-state index in [1.165, 1.54) is 11.3 Å². The summed E-state index contributed by atoms with van der Waals surface area (Å²) in [7, 11) is 0. The zero-order valence-electron chi connectivity index (χ0n) is 19.1. The lowest BCUT2D eigenvalue weighted by Crippen LogP contribution is -2.36. The van der Waals surface area contributed by atoms with Crippen LogP contribution in [0.25, 0.3) is 0 Å². The molecule has 0 bridgehead atoms. The number of allylic oxidation sites excluding steroid dienone is 2. The highest BCUT2D eigenvalue weighted by Crippen LogP contribution is 2.50. The average Bonchev–Trinajstić information content (AvgIpc) is 2.77. The molecule has 0 radical (unpaired) electrons. The Labute approximate surface area is 194 Å². The Morgan fingerprint density at radius 2 is 1.81 bits per heavy atom. The first-order valence-corrected chi connectivity index (χ1v) is 12.7. The second-order valence-corrected chi connectivity index (χ2v) is 10.8. The number of ketones is 1. The molecule has 0 unspecified atom stereocenters. The molecule has 3 heterocycles. The topological polar surface area (TPSA) is 84.1 Å². The monoisotopic (exact) mass is 449 g/mol. The summed E-state index contributed by atoms with van der Waals surface area (Å²) < 4.78 is 0. The van der Waals surface area contributed by atoms with Crippen LogP contribution in [0.1, 0.15) is 63.0 Å². The van der Waals surface area contributed by atoms with Crippen LogP contribution in [-0.2, 0) is 4.79 Å². The third-order valence-electron chi connectivity index (χ3n) is 6.82. The van der Waals surface area contributed by atoms with E-state index in [0.717, 1.165) is 60.6 Å². The summed E-state index contributed by atoms with van der Waals surface area (Å²) in [6, 6.07) is 8.44. The molecule has 1 aromatic carbocycles. The molecule has 1 aliphatic carbocycles. The zero-order valence-corrected chi connectivity index (χ0v) is 19.9. The third-order valence-corrected chi connectivity index (χ3v) is 7.56. The molecule has 0 saturated carbocycles. The van der Waals surface area contributed by atoms with Crippen LogP contribution >= 0.6 is 11.8 Å².